The van der Waals surface area contributed by atoms with Crippen molar-refractivity contribution in [3.8, 4) is 0 Å². The minimum absolute atomic E-state index is 0.463. The summed E-state index contributed by atoms with van der Waals surface area (Å²) < 4.78 is 12.3. The fourth-order valence-electron chi connectivity index (χ4n) is 2.25. The Balaban J connectivity index is 2.66. The van der Waals surface area contributed by atoms with Crippen LogP contribution in [-0.2, 0) is 8.85 Å². The molecule has 0 fully saturated rings. The van der Waals surface area contributed by atoms with E-state index >= 15 is 0 Å². The summed E-state index contributed by atoms with van der Waals surface area (Å²) in [6.07, 6.45) is 5.72. The van der Waals surface area contributed by atoms with Gasteiger partial charge < -0.3 is 8.85 Å². The number of unbranched alkanes of at least 4 members (excludes halogenated alkanes) is 2. The van der Waals surface area contributed by atoms with Crippen LogP contribution in [0.4, 0.5) is 0 Å². The Morgan fingerprint density at radius 1 is 0.900 bits per heavy atom. The van der Waals surface area contributed by atoms with Gasteiger partial charge in [0.05, 0.1) is 0 Å². The summed E-state index contributed by atoms with van der Waals surface area (Å²) in [5, 5.41) is 0. The fraction of sp³-hybridized carbons (Fsp3) is 0.647. The van der Waals surface area contributed by atoms with Crippen molar-refractivity contribution in [2.75, 3.05) is 13.2 Å². The molecule has 1 aromatic carbocycles. The largest absolute Gasteiger partial charge is 0.396 e. The van der Waals surface area contributed by atoms with Crippen molar-refractivity contribution in [1.29, 1.82) is 0 Å². The average molecular weight is 295 g/mol. The Morgan fingerprint density at radius 3 is 1.90 bits per heavy atom. The molecule has 1 atom stereocenters. The van der Waals surface area contributed by atoms with E-state index < -0.39 is 9.28 Å². The Labute approximate surface area is 126 Å². The van der Waals surface area contributed by atoms with Crippen LogP contribution in [-0.4, -0.2) is 22.5 Å². The Bertz CT molecular complexity index is 319. The highest BCUT2D eigenvalue weighted by Gasteiger charge is 2.26. The quantitative estimate of drug-likeness (QED) is 0.439. The summed E-state index contributed by atoms with van der Waals surface area (Å²) in [5.41, 5.74) is 1.84. The smallest absolute Gasteiger partial charge is 0.329 e. The molecule has 0 saturated carbocycles. The van der Waals surface area contributed by atoms with Crippen molar-refractivity contribution in [3.05, 3.63) is 35.9 Å². The normalized spacial score (nSPS) is 12.8. The highest BCUT2D eigenvalue weighted by atomic mass is 28.3. The molecule has 0 spiro atoms. The maximum absolute atomic E-state index is 6.15. The van der Waals surface area contributed by atoms with E-state index in [1.54, 1.807) is 0 Å². The number of hydrogen-bond donors (Lipinski definition) is 0. The van der Waals surface area contributed by atoms with Crippen molar-refractivity contribution >= 4 is 9.28 Å². The maximum atomic E-state index is 6.15. The van der Waals surface area contributed by atoms with Gasteiger partial charge >= 0.3 is 9.28 Å². The molecule has 0 aliphatic rings. The van der Waals surface area contributed by atoms with Crippen molar-refractivity contribution < 1.29 is 8.85 Å². The van der Waals surface area contributed by atoms with Gasteiger partial charge in [0.1, 0.15) is 0 Å². The zero-order chi connectivity index (χ0) is 14.6. The second-order valence-electron chi connectivity index (χ2n) is 5.24. The average Bonchev–Trinajstić information content (AvgIpc) is 2.49. The molecule has 3 heteroatoms. The molecular formula is C17H30O2Si. The molecule has 0 aliphatic heterocycles. The highest BCUT2D eigenvalue weighted by Crippen LogP contribution is 2.24. The van der Waals surface area contributed by atoms with Gasteiger partial charge in [-0.3, -0.25) is 0 Å². The zero-order valence-electron chi connectivity index (χ0n) is 13.3. The fourth-order valence-corrected chi connectivity index (χ4v) is 4.53. The minimum atomic E-state index is -1.64. The van der Waals surface area contributed by atoms with Crippen molar-refractivity contribution in [3.63, 3.8) is 0 Å². The van der Waals surface area contributed by atoms with Gasteiger partial charge in [0.15, 0.2) is 0 Å². The zero-order valence-corrected chi connectivity index (χ0v) is 14.5. The van der Waals surface area contributed by atoms with Crippen LogP contribution < -0.4 is 0 Å². The van der Waals surface area contributed by atoms with E-state index in [0.29, 0.717) is 5.54 Å². The third-order valence-electron chi connectivity index (χ3n) is 3.56. The first kappa shape index (κ1) is 17.4. The molecule has 0 radical (unpaired) electrons. The summed E-state index contributed by atoms with van der Waals surface area (Å²) in [4.78, 5) is 0. The topological polar surface area (TPSA) is 18.5 Å². The van der Waals surface area contributed by atoms with Crippen molar-refractivity contribution in [2.45, 2.75) is 58.4 Å². The molecule has 1 aromatic rings. The monoisotopic (exact) mass is 294 g/mol. The lowest BCUT2D eigenvalue weighted by Crippen LogP contribution is -2.32. The second-order valence-corrected chi connectivity index (χ2v) is 7.45. The van der Waals surface area contributed by atoms with Crippen LogP contribution in [0.2, 0.25) is 0 Å². The van der Waals surface area contributed by atoms with Gasteiger partial charge in [-0.2, -0.15) is 0 Å². The van der Waals surface area contributed by atoms with Gasteiger partial charge in [-0.05, 0) is 24.8 Å². The van der Waals surface area contributed by atoms with Crippen molar-refractivity contribution in [1.82, 2.24) is 0 Å². The number of rotatable bonds is 11. The Morgan fingerprint density at radius 2 is 1.45 bits per heavy atom. The predicted molar refractivity (Wildman–Crippen MR) is 88.3 cm³/mol. The molecule has 0 N–H and O–H groups in total. The summed E-state index contributed by atoms with van der Waals surface area (Å²) in [6.45, 7) is 8.34. The van der Waals surface area contributed by atoms with Crippen LogP contribution in [0.3, 0.4) is 0 Å². The molecule has 0 amide bonds. The second kappa shape index (κ2) is 11.1. The third kappa shape index (κ3) is 6.20. The van der Waals surface area contributed by atoms with Crippen LogP contribution >= 0.6 is 0 Å². The molecule has 114 valence electrons. The van der Waals surface area contributed by atoms with E-state index in [0.717, 1.165) is 32.5 Å². The summed E-state index contributed by atoms with van der Waals surface area (Å²) >= 11 is 0. The summed E-state index contributed by atoms with van der Waals surface area (Å²) in [5.74, 6) is 0. The van der Waals surface area contributed by atoms with Crippen LogP contribution in [0.25, 0.3) is 0 Å². The third-order valence-corrected chi connectivity index (χ3v) is 6.20. The standard InChI is InChI=1S/C17H30O2Si/c1-4-7-14-18-20(19-15-8-5-2)17(6-3)16-12-10-9-11-13-16/h9-13,17,20H,4-8,14-15H2,1-3H3. The van der Waals surface area contributed by atoms with Crippen LogP contribution in [0.15, 0.2) is 30.3 Å². The molecule has 0 aliphatic carbocycles. The van der Waals surface area contributed by atoms with Crippen molar-refractivity contribution in [2.24, 2.45) is 0 Å². The molecule has 20 heavy (non-hydrogen) atoms. The molecule has 0 saturated heterocycles. The molecule has 0 aromatic heterocycles. The Hall–Kier alpha value is -0.643. The van der Waals surface area contributed by atoms with Gasteiger partial charge in [0.25, 0.3) is 0 Å². The van der Waals surface area contributed by atoms with Gasteiger partial charge in [-0.1, -0.05) is 63.9 Å². The van der Waals surface area contributed by atoms with E-state index in [1.165, 1.54) is 18.4 Å². The van der Waals surface area contributed by atoms with Gasteiger partial charge in [0, 0.05) is 18.8 Å². The lowest BCUT2D eigenvalue weighted by Gasteiger charge is -2.25. The lowest BCUT2D eigenvalue weighted by atomic mass is 10.1. The van der Waals surface area contributed by atoms with Gasteiger partial charge in [-0.25, -0.2) is 0 Å². The van der Waals surface area contributed by atoms with Crippen LogP contribution in [0, 0.1) is 0 Å². The lowest BCUT2D eigenvalue weighted by molar-refractivity contribution is 0.183. The first-order valence-corrected chi connectivity index (χ1v) is 9.72. The number of benzene rings is 1. The SMILES string of the molecule is CCCCO[SiH](OCCCC)C(CC)c1ccccc1. The Kier molecular flexibility index (Phi) is 9.63. The molecule has 1 unspecified atom stereocenters. The maximum Gasteiger partial charge on any atom is 0.329 e. The summed E-state index contributed by atoms with van der Waals surface area (Å²) in [6, 6.07) is 10.7. The molecule has 0 heterocycles. The molecule has 2 nitrogen and oxygen atoms in total. The molecule has 1 rings (SSSR count). The van der Waals surface area contributed by atoms with E-state index in [1.807, 2.05) is 0 Å². The van der Waals surface area contributed by atoms with E-state index in [2.05, 4.69) is 51.1 Å². The first-order valence-electron chi connectivity index (χ1n) is 8.11. The van der Waals surface area contributed by atoms with E-state index in [-0.39, 0.29) is 0 Å². The molecule has 0 bridgehead atoms. The van der Waals surface area contributed by atoms with E-state index in [9.17, 15) is 0 Å². The highest BCUT2D eigenvalue weighted by molar-refractivity contribution is 6.46. The van der Waals surface area contributed by atoms with Gasteiger partial charge in [0.2, 0.25) is 0 Å². The van der Waals surface area contributed by atoms with Gasteiger partial charge in [-0.15, -0.1) is 0 Å². The van der Waals surface area contributed by atoms with E-state index in [4.69, 9.17) is 8.85 Å². The summed E-state index contributed by atoms with van der Waals surface area (Å²) in [7, 11) is -1.64. The predicted octanol–water partition coefficient (Wildman–Crippen LogP) is 4.57. The first-order chi connectivity index (χ1) is 9.83. The van der Waals surface area contributed by atoms with Crippen LogP contribution in [0.5, 0.6) is 0 Å². The number of hydrogen-bond acceptors (Lipinski definition) is 2. The minimum Gasteiger partial charge on any atom is -0.396 e. The molecular weight excluding hydrogens is 264 g/mol. The van der Waals surface area contributed by atoms with Crippen LogP contribution in [0.1, 0.15) is 64.0 Å².